The van der Waals surface area contributed by atoms with Crippen LogP contribution in [0.15, 0.2) is 0 Å². The molecule has 5 heterocycles. The van der Waals surface area contributed by atoms with Crippen molar-refractivity contribution in [3.63, 3.8) is 0 Å². The highest BCUT2D eigenvalue weighted by atomic mass is 16.8. The van der Waals surface area contributed by atoms with Crippen LogP contribution in [0.3, 0.4) is 0 Å². The molecular formula is C45H72N2O27. The third kappa shape index (κ3) is 15.0. The lowest BCUT2D eigenvalue weighted by atomic mass is 9.94. The molecule has 11 N–H and O–H groups in total. The first kappa shape index (κ1) is 61.5. The van der Waals surface area contributed by atoms with Gasteiger partial charge >= 0.3 is 0 Å². The summed E-state index contributed by atoms with van der Waals surface area (Å²) in [7, 11) is 0. The van der Waals surface area contributed by atoms with Gasteiger partial charge in [-0.05, 0) is 62.3 Å². The van der Waals surface area contributed by atoms with Crippen LogP contribution in [-0.4, -0.2) is 253 Å². The smallest absolute Gasteiger partial charge is 0.295 e. The van der Waals surface area contributed by atoms with Crippen LogP contribution in [0.5, 0.6) is 0 Å². The third-order valence-electron chi connectivity index (χ3n) is 12.1. The molecule has 29 nitrogen and oxygen atoms in total. The van der Waals surface area contributed by atoms with Gasteiger partial charge in [0.15, 0.2) is 56.4 Å². The number of aldehydes is 3. The normalized spacial score (nSPS) is 43.4. The minimum absolute atomic E-state index is 0.113. The molecule has 29 heteroatoms. The topological polar surface area (TPSA) is 419 Å². The van der Waals surface area contributed by atoms with Crippen molar-refractivity contribution in [1.82, 2.24) is 10.6 Å². The molecule has 5 saturated heterocycles. The molecule has 0 aromatic rings. The van der Waals surface area contributed by atoms with Crippen molar-refractivity contribution in [2.24, 2.45) is 0 Å². The Labute approximate surface area is 424 Å². The zero-order valence-electron chi connectivity index (χ0n) is 42.3. The molecule has 10 unspecified atom stereocenters. The molecule has 2 amide bonds. The number of hydrogen-bond donors (Lipinski definition) is 11. The summed E-state index contributed by atoms with van der Waals surface area (Å²) in [5.74, 6) is -1.35. The van der Waals surface area contributed by atoms with Gasteiger partial charge in [0.1, 0.15) is 97.6 Å². The van der Waals surface area contributed by atoms with Gasteiger partial charge in [0.05, 0.1) is 35.4 Å². The maximum absolute atomic E-state index is 12.7. The van der Waals surface area contributed by atoms with E-state index < -0.39 is 182 Å². The number of rotatable bonds is 19. The minimum atomic E-state index is -2.21. The number of nitrogens with one attached hydrogen (secondary N) is 2. The van der Waals surface area contributed by atoms with E-state index in [2.05, 4.69) is 10.6 Å². The fourth-order valence-electron chi connectivity index (χ4n) is 8.82. The average Bonchev–Trinajstić information content (AvgIpc) is 3.28. The maximum Gasteiger partial charge on any atom is 0.295 e. The van der Waals surface area contributed by atoms with E-state index in [0.29, 0.717) is 0 Å². The van der Waals surface area contributed by atoms with Gasteiger partial charge in [-0.15, -0.1) is 0 Å². The Hall–Kier alpha value is -3.38. The summed E-state index contributed by atoms with van der Waals surface area (Å²) < 4.78 is 69.0. The molecule has 0 aromatic carbocycles. The predicted octanol–water partition coefficient (Wildman–Crippen LogP) is -6.06. The van der Waals surface area contributed by atoms with Crippen molar-refractivity contribution in [2.45, 2.75) is 246 Å². The van der Waals surface area contributed by atoms with Gasteiger partial charge in [-0.1, -0.05) is 0 Å². The summed E-state index contributed by atoms with van der Waals surface area (Å²) in [5, 5.41) is 106. The molecule has 74 heavy (non-hydrogen) atoms. The number of hydrogen-bond acceptors (Lipinski definition) is 27. The lowest BCUT2D eigenvalue weighted by Crippen LogP contribution is -2.69. The standard InChI is InChI=1S/C45H72N2O27/c1-16-22(47-21(53)11-45(9,10)62)25(55)28(58)38(64-16)71-36-27(57)30(60)40(72-42(36)63-15-51)70-35-31(61)41(67-20(14-50)33(35)73-43(3,4)5)68-32-19(13-49)66-39(29(59)26(32)56)69-34-23(46-17(2)52)37(74-44(6,7)8)65-18(12-48)24(34)54/h12-16,18-20,22-42,54-62H,11H2,1-10H3,(H,46,52)(H,47,53)/t16?,18?,19?,20?,22-,23?,24-,25+,26-,27-,28?,29?,30?,31?,32-,33-,34-,35-,36+,37+,38-,39+,40-,41+,42?/m1/s1. The van der Waals surface area contributed by atoms with Crippen LogP contribution in [0.2, 0.25) is 0 Å². The van der Waals surface area contributed by atoms with Crippen LogP contribution in [0.4, 0.5) is 0 Å². The van der Waals surface area contributed by atoms with Crippen LogP contribution in [0.1, 0.15) is 75.7 Å². The van der Waals surface area contributed by atoms with Crippen LogP contribution in [0, 0.1) is 0 Å². The molecule has 0 saturated carbocycles. The van der Waals surface area contributed by atoms with E-state index in [9.17, 15) is 74.7 Å². The lowest BCUT2D eigenvalue weighted by molar-refractivity contribution is -0.402. The molecule has 424 valence electrons. The molecule has 0 spiro atoms. The monoisotopic (exact) mass is 1070 g/mol. The quantitative estimate of drug-likeness (QED) is 0.0536. The minimum Gasteiger partial charge on any atom is -0.435 e. The van der Waals surface area contributed by atoms with E-state index in [1.165, 1.54) is 20.8 Å². The number of carbonyl (C=O) groups excluding carboxylic acids is 6. The molecule has 5 aliphatic rings. The molecule has 0 aromatic heterocycles. The zero-order valence-corrected chi connectivity index (χ0v) is 42.3. The summed E-state index contributed by atoms with van der Waals surface area (Å²) in [6.45, 7) is 14.7. The fraction of sp³-hybridized carbons (Fsp3) is 0.867. The summed E-state index contributed by atoms with van der Waals surface area (Å²) in [5.41, 5.74) is -3.51. The number of aliphatic hydroxyl groups is 9. The molecule has 0 bridgehead atoms. The molecular weight excluding hydrogens is 1000 g/mol. The SMILES string of the molecule is CC(=O)NC1[C@H](OC(C)(C)C)OC(C=O)[C@@H](O)[C@@H]1O[C@@H]1OC(C=O)[C@@H](O[C@@H]2OC(C=O)[C@@H](OC(C)(C)C)[C@H](O[C@@H]3OC(OC=O)[C@@H](O[C@H]4OC(C)[C@@H](NC(=O)CC(C)(C)O)[C@H](O)C4O)[C@H](O)C3O)C2O)[C@H](O)C1O. The van der Waals surface area contributed by atoms with Crippen molar-refractivity contribution in [2.75, 3.05) is 0 Å². The predicted molar refractivity (Wildman–Crippen MR) is 238 cm³/mol. The molecule has 5 fully saturated rings. The second kappa shape index (κ2) is 25.0. The molecule has 5 aliphatic heterocycles. The Morgan fingerprint density at radius 1 is 0.486 bits per heavy atom. The van der Waals surface area contributed by atoms with Crippen LogP contribution in [0.25, 0.3) is 0 Å². The van der Waals surface area contributed by atoms with E-state index in [0.717, 1.165) is 6.92 Å². The second-order valence-corrected chi connectivity index (χ2v) is 21.2. The van der Waals surface area contributed by atoms with E-state index in [1.807, 2.05) is 0 Å². The van der Waals surface area contributed by atoms with E-state index in [-0.39, 0.29) is 31.8 Å². The Kier molecular flexibility index (Phi) is 20.7. The van der Waals surface area contributed by atoms with Gasteiger partial charge < -0.3 is 128 Å². The summed E-state index contributed by atoms with van der Waals surface area (Å²) >= 11 is 0. The van der Waals surface area contributed by atoms with Crippen molar-refractivity contribution in [1.29, 1.82) is 0 Å². The lowest BCUT2D eigenvalue weighted by Gasteiger charge is -2.50. The maximum atomic E-state index is 12.7. The van der Waals surface area contributed by atoms with Crippen LogP contribution in [-0.2, 0) is 85.6 Å². The highest BCUT2D eigenvalue weighted by Crippen LogP contribution is 2.37. The molecule has 0 aliphatic carbocycles. The van der Waals surface area contributed by atoms with Gasteiger partial charge in [-0.3, -0.25) is 14.4 Å². The Balaban J connectivity index is 1.36. The number of carbonyl (C=O) groups is 6. The highest BCUT2D eigenvalue weighted by molar-refractivity contribution is 5.77. The summed E-state index contributed by atoms with van der Waals surface area (Å²) in [6, 6.07) is -2.61. The van der Waals surface area contributed by atoms with Gasteiger partial charge in [0.2, 0.25) is 18.1 Å². The highest BCUT2D eigenvalue weighted by Gasteiger charge is 2.58. The first-order valence-electron chi connectivity index (χ1n) is 23.8. The third-order valence-corrected chi connectivity index (χ3v) is 12.1. The van der Waals surface area contributed by atoms with Gasteiger partial charge in [0, 0.05) is 6.92 Å². The van der Waals surface area contributed by atoms with E-state index in [4.69, 9.17) is 56.8 Å². The van der Waals surface area contributed by atoms with Gasteiger partial charge in [0.25, 0.3) is 6.47 Å². The van der Waals surface area contributed by atoms with E-state index >= 15 is 0 Å². The summed E-state index contributed by atoms with van der Waals surface area (Å²) in [4.78, 5) is 74.0. The van der Waals surface area contributed by atoms with Crippen molar-refractivity contribution >= 4 is 37.1 Å². The first-order valence-corrected chi connectivity index (χ1v) is 23.8. The summed E-state index contributed by atoms with van der Waals surface area (Å²) in [6.07, 6.45) is -43.3. The number of aliphatic hydroxyl groups excluding tert-OH is 8. The average molecular weight is 1070 g/mol. The molecule has 5 rings (SSSR count). The Bertz CT molecular complexity index is 1900. The first-order chi connectivity index (χ1) is 34.3. The van der Waals surface area contributed by atoms with Crippen LogP contribution >= 0.6 is 0 Å². The van der Waals surface area contributed by atoms with E-state index in [1.54, 1.807) is 41.5 Å². The van der Waals surface area contributed by atoms with Gasteiger partial charge in [-0.25, -0.2) is 0 Å². The van der Waals surface area contributed by atoms with Crippen molar-refractivity contribution in [3.8, 4) is 0 Å². The second-order valence-electron chi connectivity index (χ2n) is 21.2. The van der Waals surface area contributed by atoms with Crippen molar-refractivity contribution < 1.29 is 132 Å². The molecule has 0 radical (unpaired) electrons. The van der Waals surface area contributed by atoms with Crippen LogP contribution < -0.4 is 10.6 Å². The fourth-order valence-corrected chi connectivity index (χ4v) is 8.82. The molecule has 25 atom stereocenters. The number of ether oxygens (including phenoxy) is 12. The number of amides is 2. The Morgan fingerprint density at radius 3 is 1.47 bits per heavy atom. The van der Waals surface area contributed by atoms with Gasteiger partial charge in [-0.2, -0.15) is 0 Å². The van der Waals surface area contributed by atoms with Crippen molar-refractivity contribution in [3.05, 3.63) is 0 Å². The Morgan fingerprint density at radius 2 is 0.946 bits per heavy atom. The largest absolute Gasteiger partial charge is 0.435 e. The zero-order chi connectivity index (χ0) is 55.5.